The standard InChI is InChI=1S/C15H22O2S2/c1-4-17-13-8-6-5-7-12(13)15(16)14-9-18-10(2)11(3)19-14/h5-8,10-11,14-16H,4,9H2,1-3H3. The molecule has 1 aliphatic rings. The third-order valence-electron chi connectivity index (χ3n) is 3.46. The van der Waals surface area contributed by atoms with Gasteiger partial charge >= 0.3 is 0 Å². The van der Waals surface area contributed by atoms with Gasteiger partial charge in [0, 0.05) is 27.1 Å². The first-order valence-corrected chi connectivity index (χ1v) is 8.79. The van der Waals surface area contributed by atoms with Crippen molar-refractivity contribution in [1.82, 2.24) is 0 Å². The molecule has 106 valence electrons. The predicted octanol–water partition coefficient (Wildman–Crippen LogP) is 3.74. The number of hydrogen-bond donors (Lipinski definition) is 1. The third-order valence-corrected chi connectivity index (χ3v) is 6.94. The molecule has 1 aromatic carbocycles. The Bertz CT molecular complexity index is 411. The molecule has 0 spiro atoms. The normalized spacial score (nSPS) is 28.9. The third kappa shape index (κ3) is 3.61. The van der Waals surface area contributed by atoms with Crippen LogP contribution in [0, 0.1) is 0 Å². The topological polar surface area (TPSA) is 29.5 Å². The first-order valence-electron chi connectivity index (χ1n) is 6.80. The largest absolute Gasteiger partial charge is 0.493 e. The number of hydrogen-bond acceptors (Lipinski definition) is 4. The average molecular weight is 298 g/mol. The molecule has 1 heterocycles. The van der Waals surface area contributed by atoms with Crippen molar-refractivity contribution in [2.45, 2.75) is 42.6 Å². The van der Waals surface area contributed by atoms with Crippen molar-refractivity contribution in [2.75, 3.05) is 12.4 Å². The molecule has 19 heavy (non-hydrogen) atoms. The van der Waals surface area contributed by atoms with Gasteiger partial charge < -0.3 is 9.84 Å². The van der Waals surface area contributed by atoms with Crippen LogP contribution in [0.1, 0.15) is 32.4 Å². The van der Waals surface area contributed by atoms with E-state index < -0.39 is 6.10 Å². The molecule has 2 rings (SSSR count). The molecule has 1 N–H and O–H groups in total. The zero-order valence-corrected chi connectivity index (χ0v) is 13.3. The summed E-state index contributed by atoms with van der Waals surface area (Å²) in [6, 6.07) is 7.83. The van der Waals surface area contributed by atoms with E-state index in [4.69, 9.17) is 4.74 Å². The molecule has 0 aromatic heterocycles. The summed E-state index contributed by atoms with van der Waals surface area (Å²) in [5.41, 5.74) is 0.921. The first kappa shape index (κ1) is 15.1. The average Bonchev–Trinajstić information content (AvgIpc) is 2.42. The van der Waals surface area contributed by atoms with E-state index in [1.54, 1.807) is 0 Å². The van der Waals surface area contributed by atoms with Gasteiger partial charge in [-0.3, -0.25) is 0 Å². The molecular weight excluding hydrogens is 276 g/mol. The van der Waals surface area contributed by atoms with Crippen LogP contribution in [0.15, 0.2) is 24.3 Å². The molecule has 4 heteroatoms. The molecule has 0 amide bonds. The van der Waals surface area contributed by atoms with Crippen LogP contribution in [0.3, 0.4) is 0 Å². The molecule has 4 unspecified atom stereocenters. The number of para-hydroxylation sites is 1. The van der Waals surface area contributed by atoms with Crippen molar-refractivity contribution in [3.05, 3.63) is 29.8 Å². The summed E-state index contributed by atoms with van der Waals surface area (Å²) >= 11 is 3.85. The summed E-state index contributed by atoms with van der Waals surface area (Å²) in [5.74, 6) is 1.81. The Morgan fingerprint density at radius 2 is 2.05 bits per heavy atom. The van der Waals surface area contributed by atoms with Crippen molar-refractivity contribution < 1.29 is 9.84 Å². The van der Waals surface area contributed by atoms with Crippen molar-refractivity contribution >= 4 is 23.5 Å². The lowest BCUT2D eigenvalue weighted by Gasteiger charge is -2.34. The van der Waals surface area contributed by atoms with Gasteiger partial charge in [0.1, 0.15) is 5.75 Å². The van der Waals surface area contributed by atoms with E-state index in [2.05, 4.69) is 13.8 Å². The van der Waals surface area contributed by atoms with Gasteiger partial charge in [-0.15, -0.1) is 0 Å². The molecule has 0 saturated carbocycles. The molecule has 1 fully saturated rings. The van der Waals surface area contributed by atoms with E-state index >= 15 is 0 Å². The Kier molecular flexibility index (Phi) is 5.48. The fourth-order valence-electron chi connectivity index (χ4n) is 2.19. The van der Waals surface area contributed by atoms with Gasteiger partial charge in [0.2, 0.25) is 0 Å². The smallest absolute Gasteiger partial charge is 0.125 e. The number of benzene rings is 1. The molecule has 1 aliphatic heterocycles. The minimum absolute atomic E-state index is 0.248. The first-order chi connectivity index (χ1) is 9.13. The van der Waals surface area contributed by atoms with Crippen LogP contribution in [-0.4, -0.2) is 33.2 Å². The summed E-state index contributed by atoms with van der Waals surface area (Å²) in [5, 5.41) is 12.1. The lowest BCUT2D eigenvalue weighted by atomic mass is 10.1. The number of thioether (sulfide) groups is 2. The number of aliphatic hydroxyl groups excluding tert-OH is 1. The van der Waals surface area contributed by atoms with Crippen molar-refractivity contribution in [1.29, 1.82) is 0 Å². The zero-order chi connectivity index (χ0) is 13.8. The minimum Gasteiger partial charge on any atom is -0.493 e. The maximum atomic E-state index is 10.6. The molecular formula is C15H22O2S2. The van der Waals surface area contributed by atoms with Gasteiger partial charge in [-0.05, 0) is 13.0 Å². The Balaban J connectivity index is 2.13. The molecule has 2 nitrogen and oxygen atoms in total. The van der Waals surface area contributed by atoms with Crippen LogP contribution in [0.4, 0.5) is 0 Å². The molecule has 4 atom stereocenters. The van der Waals surface area contributed by atoms with Crippen LogP contribution >= 0.6 is 23.5 Å². The highest BCUT2D eigenvalue weighted by Crippen LogP contribution is 2.42. The van der Waals surface area contributed by atoms with Crippen LogP contribution in [0.25, 0.3) is 0 Å². The fraction of sp³-hybridized carbons (Fsp3) is 0.600. The van der Waals surface area contributed by atoms with Crippen LogP contribution < -0.4 is 4.74 Å². The van der Waals surface area contributed by atoms with Crippen LogP contribution in [-0.2, 0) is 0 Å². The van der Waals surface area contributed by atoms with E-state index in [0.717, 1.165) is 17.1 Å². The lowest BCUT2D eigenvalue weighted by Crippen LogP contribution is -2.30. The quantitative estimate of drug-likeness (QED) is 0.917. The highest BCUT2D eigenvalue weighted by molar-refractivity contribution is 8.07. The number of aliphatic hydroxyl groups is 1. The summed E-state index contributed by atoms with van der Waals surface area (Å²) in [7, 11) is 0. The second-order valence-corrected chi connectivity index (χ2v) is 7.87. The van der Waals surface area contributed by atoms with E-state index in [1.807, 2.05) is 54.7 Å². The Morgan fingerprint density at radius 1 is 1.32 bits per heavy atom. The Hall–Kier alpha value is -0.320. The molecule has 0 radical (unpaired) electrons. The summed E-state index contributed by atoms with van der Waals surface area (Å²) in [4.78, 5) is 0. The second-order valence-electron chi connectivity index (χ2n) is 4.83. The lowest BCUT2D eigenvalue weighted by molar-refractivity contribution is 0.174. The number of ether oxygens (including phenoxy) is 1. The summed E-state index contributed by atoms with van der Waals surface area (Å²) < 4.78 is 5.62. The van der Waals surface area contributed by atoms with Gasteiger partial charge in [0.15, 0.2) is 0 Å². The molecule has 1 aromatic rings. The van der Waals surface area contributed by atoms with Gasteiger partial charge in [0.05, 0.1) is 12.7 Å². The highest BCUT2D eigenvalue weighted by Gasteiger charge is 2.32. The Morgan fingerprint density at radius 3 is 2.74 bits per heavy atom. The minimum atomic E-state index is -0.449. The van der Waals surface area contributed by atoms with Gasteiger partial charge in [-0.1, -0.05) is 32.0 Å². The van der Waals surface area contributed by atoms with E-state index in [1.165, 1.54) is 0 Å². The number of rotatable bonds is 4. The maximum absolute atomic E-state index is 10.6. The second kappa shape index (κ2) is 6.91. The predicted molar refractivity (Wildman–Crippen MR) is 85.3 cm³/mol. The van der Waals surface area contributed by atoms with Gasteiger partial charge in [-0.25, -0.2) is 0 Å². The van der Waals surface area contributed by atoms with Crippen LogP contribution in [0.5, 0.6) is 5.75 Å². The SMILES string of the molecule is CCOc1ccccc1C(O)C1CSC(C)C(C)S1. The van der Waals surface area contributed by atoms with Crippen LogP contribution in [0.2, 0.25) is 0 Å². The highest BCUT2D eigenvalue weighted by atomic mass is 32.2. The van der Waals surface area contributed by atoms with E-state index in [9.17, 15) is 5.11 Å². The van der Waals surface area contributed by atoms with Gasteiger partial charge in [-0.2, -0.15) is 23.5 Å². The Labute approximate surface area is 124 Å². The molecule has 0 aliphatic carbocycles. The fourth-order valence-corrected chi connectivity index (χ4v) is 5.18. The summed E-state index contributed by atoms with van der Waals surface area (Å²) in [6.07, 6.45) is -0.449. The monoisotopic (exact) mass is 298 g/mol. The maximum Gasteiger partial charge on any atom is 0.125 e. The molecule has 0 bridgehead atoms. The van der Waals surface area contributed by atoms with Crippen molar-refractivity contribution in [3.8, 4) is 5.75 Å². The van der Waals surface area contributed by atoms with Gasteiger partial charge in [0.25, 0.3) is 0 Å². The van der Waals surface area contributed by atoms with Crippen molar-refractivity contribution in [3.63, 3.8) is 0 Å². The summed E-state index contributed by atoms with van der Waals surface area (Å²) in [6.45, 7) is 7.11. The molecule has 1 saturated heterocycles. The van der Waals surface area contributed by atoms with E-state index in [0.29, 0.717) is 17.1 Å². The zero-order valence-electron chi connectivity index (χ0n) is 11.7. The van der Waals surface area contributed by atoms with E-state index in [-0.39, 0.29) is 5.25 Å². The van der Waals surface area contributed by atoms with Crippen molar-refractivity contribution in [2.24, 2.45) is 0 Å².